The largest absolute Gasteiger partial charge is 0.357 e. The molecule has 2 aromatic heterocycles. The lowest BCUT2D eigenvalue weighted by Crippen LogP contribution is -2.38. The van der Waals surface area contributed by atoms with Gasteiger partial charge in [0.25, 0.3) is 0 Å². The fourth-order valence-corrected chi connectivity index (χ4v) is 3.58. The number of aryl methyl sites for hydroxylation is 4. The van der Waals surface area contributed by atoms with Gasteiger partial charge in [-0.3, -0.25) is 9.25 Å². The number of guanidine groups is 1. The van der Waals surface area contributed by atoms with Crippen molar-refractivity contribution >= 4 is 29.9 Å². The molecule has 1 aliphatic rings. The summed E-state index contributed by atoms with van der Waals surface area (Å²) in [6.07, 6.45) is 3.91. The van der Waals surface area contributed by atoms with E-state index in [4.69, 9.17) is 0 Å². The van der Waals surface area contributed by atoms with Crippen molar-refractivity contribution in [1.82, 2.24) is 34.8 Å². The summed E-state index contributed by atoms with van der Waals surface area (Å²) in [5.74, 6) is 1.71. The molecule has 0 amide bonds. The van der Waals surface area contributed by atoms with E-state index in [-0.39, 0.29) is 29.7 Å². The van der Waals surface area contributed by atoms with E-state index in [1.165, 1.54) is 0 Å². The second-order valence-corrected chi connectivity index (χ2v) is 7.28. The summed E-state index contributed by atoms with van der Waals surface area (Å²) in [6.45, 7) is 9.66. The molecule has 0 unspecified atom stereocenters. The first kappa shape index (κ1) is 23.4. The lowest BCUT2D eigenvalue weighted by atomic mass is 10.2. The fourth-order valence-electron chi connectivity index (χ4n) is 3.58. The number of nitrogens with zero attached hydrogens (tertiary/aromatic N) is 6. The van der Waals surface area contributed by atoms with E-state index in [1.54, 1.807) is 4.68 Å². The third-order valence-electron chi connectivity index (χ3n) is 5.27. The summed E-state index contributed by atoms with van der Waals surface area (Å²) >= 11 is 0. The van der Waals surface area contributed by atoms with Gasteiger partial charge in [-0.2, -0.15) is 10.2 Å². The van der Waals surface area contributed by atoms with E-state index in [1.807, 2.05) is 30.1 Å². The van der Waals surface area contributed by atoms with E-state index in [9.17, 15) is 4.79 Å². The molecule has 2 N–H and O–H groups in total. The van der Waals surface area contributed by atoms with Crippen molar-refractivity contribution in [2.75, 3.05) is 13.1 Å². The van der Waals surface area contributed by atoms with Crippen molar-refractivity contribution in [3.05, 3.63) is 33.3 Å². The highest BCUT2D eigenvalue weighted by molar-refractivity contribution is 14.0. The van der Waals surface area contributed by atoms with Crippen molar-refractivity contribution in [3.63, 3.8) is 0 Å². The zero-order chi connectivity index (χ0) is 20.1. The molecule has 2 aromatic rings. The molecule has 10 heteroatoms. The minimum Gasteiger partial charge on any atom is -0.357 e. The van der Waals surface area contributed by atoms with Gasteiger partial charge in [0.1, 0.15) is 5.82 Å². The van der Waals surface area contributed by atoms with Crippen LogP contribution in [0.5, 0.6) is 0 Å². The molecule has 0 saturated carbocycles. The normalized spacial score (nSPS) is 13.7. The Labute approximate surface area is 189 Å². The molecular formula is C19H33IN8O. The Morgan fingerprint density at radius 1 is 1.21 bits per heavy atom. The number of fused-ring (bicyclic) bond motifs is 1. The minimum absolute atomic E-state index is 0. The standard InChI is InChI=1S/C19H32N8O.HI/c1-5-20-18(22-13-16-14(2)23-25(4)15(16)3)21-10-8-12-27-19(28)26-11-7-6-9-17(26)24-27;/h5-13H2,1-4H3,(H2,20,21,22);1H. The van der Waals surface area contributed by atoms with Crippen LogP contribution in [-0.4, -0.2) is 43.2 Å². The summed E-state index contributed by atoms with van der Waals surface area (Å²) in [6, 6.07) is 0. The summed E-state index contributed by atoms with van der Waals surface area (Å²) in [7, 11) is 1.95. The van der Waals surface area contributed by atoms with Gasteiger partial charge in [-0.05, 0) is 40.0 Å². The van der Waals surface area contributed by atoms with Gasteiger partial charge in [-0.1, -0.05) is 0 Å². The van der Waals surface area contributed by atoms with E-state index < -0.39 is 0 Å². The average Bonchev–Trinajstić information content (AvgIpc) is 3.13. The lowest BCUT2D eigenvalue weighted by Gasteiger charge is -2.11. The third-order valence-corrected chi connectivity index (χ3v) is 5.27. The van der Waals surface area contributed by atoms with Crippen LogP contribution in [0.2, 0.25) is 0 Å². The smallest absolute Gasteiger partial charge is 0.345 e. The predicted molar refractivity (Wildman–Crippen MR) is 125 cm³/mol. The molecule has 0 aromatic carbocycles. The van der Waals surface area contributed by atoms with Gasteiger partial charge in [-0.15, -0.1) is 24.0 Å². The van der Waals surface area contributed by atoms with E-state index in [0.717, 1.165) is 74.1 Å². The second-order valence-electron chi connectivity index (χ2n) is 7.28. The Bertz CT molecular complexity index is 895. The molecule has 0 spiro atoms. The summed E-state index contributed by atoms with van der Waals surface area (Å²) < 4.78 is 5.32. The Morgan fingerprint density at radius 3 is 2.66 bits per heavy atom. The van der Waals surface area contributed by atoms with E-state index in [2.05, 4.69) is 32.7 Å². The van der Waals surface area contributed by atoms with Crippen LogP contribution >= 0.6 is 24.0 Å². The number of halogens is 1. The van der Waals surface area contributed by atoms with Crippen molar-refractivity contribution in [3.8, 4) is 0 Å². The van der Waals surface area contributed by atoms with Crippen LogP contribution in [-0.2, 0) is 33.1 Å². The molecule has 0 fully saturated rings. The van der Waals surface area contributed by atoms with Gasteiger partial charge in [0.05, 0.1) is 12.2 Å². The van der Waals surface area contributed by atoms with Gasteiger partial charge in [-0.25, -0.2) is 14.5 Å². The molecule has 0 bridgehead atoms. The number of hydrogen-bond acceptors (Lipinski definition) is 4. The molecule has 29 heavy (non-hydrogen) atoms. The molecular weight excluding hydrogens is 483 g/mol. The first-order chi connectivity index (χ1) is 13.5. The molecule has 0 aliphatic carbocycles. The van der Waals surface area contributed by atoms with Crippen molar-refractivity contribution < 1.29 is 0 Å². The van der Waals surface area contributed by atoms with Crippen LogP contribution in [0, 0.1) is 13.8 Å². The zero-order valence-corrected chi connectivity index (χ0v) is 20.2. The SMILES string of the molecule is CCNC(=NCc1c(C)nn(C)c1C)NCCCn1nc2n(c1=O)CCCC2.I. The van der Waals surface area contributed by atoms with Gasteiger partial charge in [0, 0.05) is 50.9 Å². The Morgan fingerprint density at radius 2 is 2.00 bits per heavy atom. The summed E-state index contributed by atoms with van der Waals surface area (Å²) in [5.41, 5.74) is 3.34. The van der Waals surface area contributed by atoms with Gasteiger partial charge < -0.3 is 10.6 Å². The molecule has 0 radical (unpaired) electrons. The number of rotatable bonds is 7. The molecule has 1 aliphatic heterocycles. The average molecular weight is 516 g/mol. The van der Waals surface area contributed by atoms with Crippen molar-refractivity contribution in [2.45, 2.75) is 66.1 Å². The first-order valence-corrected chi connectivity index (χ1v) is 10.2. The van der Waals surface area contributed by atoms with Gasteiger partial charge in [0.15, 0.2) is 5.96 Å². The zero-order valence-electron chi connectivity index (χ0n) is 17.9. The minimum atomic E-state index is 0. The quantitative estimate of drug-likeness (QED) is 0.252. The molecule has 3 heterocycles. The molecule has 0 atom stereocenters. The number of aromatic nitrogens is 5. The van der Waals surface area contributed by atoms with Crippen LogP contribution in [0.15, 0.2) is 9.79 Å². The van der Waals surface area contributed by atoms with Crippen LogP contribution in [0.3, 0.4) is 0 Å². The van der Waals surface area contributed by atoms with Crippen LogP contribution in [0.4, 0.5) is 0 Å². The summed E-state index contributed by atoms with van der Waals surface area (Å²) in [5, 5.41) is 15.6. The monoisotopic (exact) mass is 516 g/mol. The summed E-state index contributed by atoms with van der Waals surface area (Å²) in [4.78, 5) is 17.1. The molecule has 162 valence electrons. The maximum Gasteiger partial charge on any atom is 0.345 e. The van der Waals surface area contributed by atoms with E-state index >= 15 is 0 Å². The van der Waals surface area contributed by atoms with Crippen LogP contribution in [0.1, 0.15) is 49.0 Å². The fraction of sp³-hybridized carbons (Fsp3) is 0.684. The maximum atomic E-state index is 12.4. The van der Waals surface area contributed by atoms with Gasteiger partial charge in [0.2, 0.25) is 0 Å². The highest BCUT2D eigenvalue weighted by Gasteiger charge is 2.16. The highest BCUT2D eigenvalue weighted by Crippen LogP contribution is 2.12. The molecule has 0 saturated heterocycles. The molecule has 9 nitrogen and oxygen atoms in total. The maximum absolute atomic E-state index is 12.4. The van der Waals surface area contributed by atoms with Gasteiger partial charge >= 0.3 is 5.69 Å². The Balaban J connectivity index is 0.00000300. The number of nitrogens with one attached hydrogen (secondary N) is 2. The highest BCUT2D eigenvalue weighted by atomic mass is 127. The predicted octanol–water partition coefficient (Wildman–Crippen LogP) is 1.49. The lowest BCUT2D eigenvalue weighted by molar-refractivity contribution is 0.509. The number of hydrogen-bond donors (Lipinski definition) is 2. The molecule has 3 rings (SSSR count). The van der Waals surface area contributed by atoms with Crippen LogP contribution < -0.4 is 16.3 Å². The third kappa shape index (κ3) is 5.61. The van der Waals surface area contributed by atoms with E-state index in [0.29, 0.717) is 13.1 Å². The Hall–Kier alpha value is -1.85. The topological polar surface area (TPSA) is 94.1 Å². The van der Waals surface area contributed by atoms with Crippen molar-refractivity contribution in [2.24, 2.45) is 12.0 Å². The number of aliphatic imine (C=N–C) groups is 1. The first-order valence-electron chi connectivity index (χ1n) is 10.2. The van der Waals surface area contributed by atoms with Crippen molar-refractivity contribution in [1.29, 1.82) is 0 Å². The van der Waals surface area contributed by atoms with Crippen LogP contribution in [0.25, 0.3) is 0 Å². The second kappa shape index (κ2) is 10.8. The Kier molecular flexibility index (Phi) is 8.72.